The molecule has 678 valence electrons. The van der Waals surface area contributed by atoms with Gasteiger partial charge in [-0.15, -0.1) is 0 Å². The van der Waals surface area contributed by atoms with E-state index in [1.165, 1.54) is 231 Å². The van der Waals surface area contributed by atoms with Gasteiger partial charge in [-0.2, -0.15) is 0 Å². The van der Waals surface area contributed by atoms with Crippen LogP contribution in [-0.2, 0) is 47.7 Å². The molecule has 0 aliphatic carbocycles. The summed E-state index contributed by atoms with van der Waals surface area (Å²) in [5, 5.41) is 6.52. The van der Waals surface area contributed by atoms with Crippen LogP contribution in [0.1, 0.15) is 485 Å². The lowest BCUT2D eigenvalue weighted by Gasteiger charge is -2.25. The van der Waals surface area contributed by atoms with Crippen LogP contribution in [0.3, 0.4) is 0 Å². The van der Waals surface area contributed by atoms with Gasteiger partial charge in [0.25, 0.3) is 0 Å². The lowest BCUT2D eigenvalue weighted by molar-refractivity contribution is -0.151. The normalized spacial score (nSPS) is 12.5. The second-order valence-corrected chi connectivity index (χ2v) is 35.2. The number of rotatable bonds is 92. The van der Waals surface area contributed by atoms with Gasteiger partial charge in [-0.3, -0.25) is 33.7 Å². The number of carbonyl (C=O) groups is 6. The number of hydrogen-bond donors (Lipinski definition) is 2. The fourth-order valence-corrected chi connectivity index (χ4v) is 16.4. The average molecular weight is 1630 g/mol. The monoisotopic (exact) mass is 1630 g/mol. The maximum atomic E-state index is 14.0. The molecule has 0 aromatic heterocycles. The second kappa shape index (κ2) is 87.0. The summed E-state index contributed by atoms with van der Waals surface area (Å²) in [7, 11) is 0. The molecule has 0 spiro atoms. The summed E-state index contributed by atoms with van der Waals surface area (Å²) in [4.78, 5) is 89.3. The Morgan fingerprint density at radius 1 is 0.270 bits per heavy atom. The van der Waals surface area contributed by atoms with Crippen molar-refractivity contribution in [1.82, 2.24) is 30.2 Å². The van der Waals surface area contributed by atoms with Gasteiger partial charge in [0, 0.05) is 58.4 Å². The van der Waals surface area contributed by atoms with Crippen LogP contribution in [-0.4, -0.2) is 172 Å². The quantitative estimate of drug-likeness (QED) is 0.0334. The van der Waals surface area contributed by atoms with E-state index in [0.717, 1.165) is 245 Å². The van der Waals surface area contributed by atoms with E-state index in [1.54, 1.807) is 0 Å². The fraction of sp³-hybridized carbons (Fsp3) is 0.939. The zero-order valence-corrected chi connectivity index (χ0v) is 77.1. The van der Waals surface area contributed by atoms with Gasteiger partial charge in [0.1, 0.15) is 12.2 Å². The number of amides is 2. The Labute approximate surface area is 711 Å². The van der Waals surface area contributed by atoms with Crippen LogP contribution in [0.15, 0.2) is 0 Å². The third-order valence-electron chi connectivity index (χ3n) is 23.9. The maximum Gasteiger partial charge on any atom is 0.306 e. The summed E-state index contributed by atoms with van der Waals surface area (Å²) in [6.45, 7) is 24.9. The summed E-state index contributed by atoms with van der Waals surface area (Å²) >= 11 is 0. The molecule has 16 heteroatoms. The van der Waals surface area contributed by atoms with Crippen molar-refractivity contribution in [2.24, 2.45) is 0 Å². The van der Waals surface area contributed by atoms with Gasteiger partial charge in [0.2, 0.25) is 11.8 Å². The minimum Gasteiger partial charge on any atom is -0.466 e. The molecule has 0 radical (unpaired) electrons. The first-order valence-corrected chi connectivity index (χ1v) is 50.6. The molecule has 16 nitrogen and oxygen atoms in total. The van der Waals surface area contributed by atoms with Crippen LogP contribution < -0.4 is 10.6 Å². The topological polar surface area (TPSA) is 176 Å². The molecule has 0 unspecified atom stereocenters. The van der Waals surface area contributed by atoms with Crippen LogP contribution in [0, 0.1) is 0 Å². The van der Waals surface area contributed by atoms with E-state index in [1.807, 2.05) is 4.90 Å². The van der Waals surface area contributed by atoms with Gasteiger partial charge in [-0.25, -0.2) is 0 Å². The largest absolute Gasteiger partial charge is 0.466 e. The third kappa shape index (κ3) is 77.7. The van der Waals surface area contributed by atoms with E-state index < -0.39 is 0 Å². The number of likely N-dealkylation sites (tertiary alicyclic amines) is 1. The number of carbonyl (C=O) groups excluding carboxylic acids is 6. The van der Waals surface area contributed by atoms with E-state index in [4.69, 9.17) is 18.9 Å². The molecule has 1 aliphatic heterocycles. The van der Waals surface area contributed by atoms with Gasteiger partial charge in [0.05, 0.1) is 26.3 Å². The van der Waals surface area contributed by atoms with Crippen molar-refractivity contribution in [3.63, 3.8) is 0 Å². The second-order valence-electron chi connectivity index (χ2n) is 35.2. The summed E-state index contributed by atoms with van der Waals surface area (Å²) < 4.78 is 23.6. The Balaban J connectivity index is 2.99. The Bertz CT molecular complexity index is 1970. The molecular formula is C99H192N6O10. The summed E-state index contributed by atoms with van der Waals surface area (Å²) in [6.07, 6.45) is 77.2. The van der Waals surface area contributed by atoms with Crippen molar-refractivity contribution in [3.05, 3.63) is 0 Å². The molecule has 1 saturated heterocycles. The molecule has 2 amide bonds. The predicted octanol–water partition coefficient (Wildman–Crippen LogP) is 25.4. The molecule has 0 saturated carbocycles. The highest BCUT2D eigenvalue weighted by atomic mass is 16.6. The van der Waals surface area contributed by atoms with Crippen LogP contribution >= 0.6 is 0 Å². The number of hydrogen-bond acceptors (Lipinski definition) is 14. The molecule has 0 atom stereocenters. The summed E-state index contributed by atoms with van der Waals surface area (Å²) in [5.41, 5.74) is 0. The SMILES string of the molecule is CCCCCCCCCCCOC(=O)CCCCCN(CCCCCCCC(=O)OC(CCCCCCCC)CCCCCCCC)CCNC(=O)CN(CCCN1CCCC1)CC(=O)NCCN(CCCCCCCC(=O)OC(CCCCCCCC)CCCCCCCC)CCCCCC(=O)OCCCCCCCCCCC. The zero-order valence-electron chi connectivity index (χ0n) is 77.1. The molecular weight excluding hydrogens is 1430 g/mol. The number of nitrogens with zero attached hydrogens (tertiary/aromatic N) is 4. The van der Waals surface area contributed by atoms with Gasteiger partial charge < -0.3 is 44.3 Å². The van der Waals surface area contributed by atoms with Gasteiger partial charge in [-0.05, 0) is 181 Å². The number of esters is 4. The van der Waals surface area contributed by atoms with Crippen molar-refractivity contribution in [3.8, 4) is 0 Å². The summed E-state index contributed by atoms with van der Waals surface area (Å²) in [6, 6.07) is 0. The molecule has 1 aliphatic rings. The molecule has 0 aromatic carbocycles. The van der Waals surface area contributed by atoms with E-state index in [-0.39, 0.29) is 61.0 Å². The molecule has 1 rings (SSSR count). The average Bonchev–Trinajstić information content (AvgIpc) is 1.93. The summed E-state index contributed by atoms with van der Waals surface area (Å²) in [5.74, 6) is -0.337. The van der Waals surface area contributed by atoms with Crippen molar-refractivity contribution in [2.45, 2.75) is 497 Å². The first-order valence-electron chi connectivity index (χ1n) is 50.6. The highest BCUT2D eigenvalue weighted by Crippen LogP contribution is 2.23. The first kappa shape index (κ1) is 110. The number of ether oxygens (including phenoxy) is 4. The Kier molecular flexibility index (Phi) is 83.0. The zero-order chi connectivity index (χ0) is 83.3. The van der Waals surface area contributed by atoms with E-state index in [9.17, 15) is 28.8 Å². The Morgan fingerprint density at radius 2 is 0.513 bits per heavy atom. The molecule has 115 heavy (non-hydrogen) atoms. The van der Waals surface area contributed by atoms with Crippen molar-refractivity contribution in [1.29, 1.82) is 0 Å². The van der Waals surface area contributed by atoms with Crippen molar-refractivity contribution < 1.29 is 47.7 Å². The third-order valence-corrected chi connectivity index (χ3v) is 23.9. The van der Waals surface area contributed by atoms with Gasteiger partial charge >= 0.3 is 23.9 Å². The van der Waals surface area contributed by atoms with Crippen LogP contribution in [0.25, 0.3) is 0 Å². The van der Waals surface area contributed by atoms with Crippen LogP contribution in [0.5, 0.6) is 0 Å². The lowest BCUT2D eigenvalue weighted by Crippen LogP contribution is -2.46. The van der Waals surface area contributed by atoms with E-state index >= 15 is 0 Å². The first-order chi connectivity index (χ1) is 56.5. The van der Waals surface area contributed by atoms with Crippen molar-refractivity contribution >= 4 is 35.7 Å². The minimum absolute atomic E-state index is 0.0224. The van der Waals surface area contributed by atoms with E-state index in [2.05, 4.69) is 66.9 Å². The van der Waals surface area contributed by atoms with Gasteiger partial charge in [0.15, 0.2) is 0 Å². The van der Waals surface area contributed by atoms with E-state index in [0.29, 0.717) is 58.5 Å². The van der Waals surface area contributed by atoms with Crippen LogP contribution in [0.4, 0.5) is 0 Å². The molecule has 0 aromatic rings. The number of nitrogens with one attached hydrogen (secondary N) is 2. The predicted molar refractivity (Wildman–Crippen MR) is 486 cm³/mol. The highest BCUT2D eigenvalue weighted by molar-refractivity contribution is 5.81. The molecule has 1 heterocycles. The maximum absolute atomic E-state index is 14.0. The highest BCUT2D eigenvalue weighted by Gasteiger charge is 2.21. The fourth-order valence-electron chi connectivity index (χ4n) is 16.4. The number of unbranched alkanes of at least 4 members (excludes halogenated alkanes) is 48. The lowest BCUT2D eigenvalue weighted by atomic mass is 10.0. The van der Waals surface area contributed by atoms with Crippen LogP contribution in [0.2, 0.25) is 0 Å². The molecule has 1 fully saturated rings. The van der Waals surface area contributed by atoms with Gasteiger partial charge in [-0.1, -0.05) is 324 Å². The Hall–Kier alpha value is -3.34. The standard InChI is InChI=1S/C99H192N6O10/c1-7-13-19-25-31-33-35-47-65-88-112-96(108)72-57-49-61-80-103(78-59-45-37-43-55-74-98(110)114-92(68-51-39-27-21-15-9-3)69-52-40-28-22-16-10-4)86-76-100-94(106)90-105(85-67-84-102-82-63-64-83-102)91-95(107)101-77-87-104(81-62-50-58-73-97(109)113-89-66-48-36-34-32-26-20-14-8-2)79-60-46-38-44-56-75-99(111)115-93(70-53-41-29-23-17-11-5)71-54-42-30-24-18-12-6/h92-93H,7-91H2,1-6H3,(H,100,106)(H,101,107). The van der Waals surface area contributed by atoms with Crippen molar-refractivity contribution in [2.75, 3.05) is 105 Å². The minimum atomic E-state index is -0.0849. The smallest absolute Gasteiger partial charge is 0.306 e. The molecule has 2 N–H and O–H groups in total. The Morgan fingerprint density at radius 3 is 0.817 bits per heavy atom. The molecule has 0 bridgehead atoms.